The van der Waals surface area contributed by atoms with Crippen molar-refractivity contribution in [3.63, 3.8) is 0 Å². The molecule has 0 atom stereocenters. The molecule has 0 amide bonds. The molecule has 3 nitrogen and oxygen atoms in total. The lowest BCUT2D eigenvalue weighted by Gasteiger charge is -2.08. The molecular weight excluding hydrogens is 349 g/mol. The smallest absolute Gasteiger partial charge is 0.164 e. The molecule has 0 unspecified atom stereocenters. The van der Waals surface area contributed by atoms with Gasteiger partial charge in [0.25, 0.3) is 0 Å². The minimum absolute atomic E-state index is 0.310. The maximum Gasteiger partial charge on any atom is 0.164 e. The number of fused-ring (bicyclic) bond motifs is 1. The van der Waals surface area contributed by atoms with Gasteiger partial charge >= 0.3 is 0 Å². The molecule has 0 saturated heterocycles. The number of hydrogen-bond donors (Lipinski definition) is 0. The van der Waals surface area contributed by atoms with E-state index < -0.39 is 0 Å². The second kappa shape index (κ2) is 5.12. The molecule has 3 rings (SSSR count). The molecule has 0 radical (unpaired) electrons. The van der Waals surface area contributed by atoms with Crippen molar-refractivity contribution in [2.75, 3.05) is 0 Å². The van der Waals surface area contributed by atoms with Crippen LogP contribution in [0, 0.1) is 0 Å². The maximum atomic E-state index is 6.14. The van der Waals surface area contributed by atoms with Gasteiger partial charge in [-0.3, -0.25) is 4.57 Å². The Labute approximate surface area is 128 Å². The predicted molar refractivity (Wildman–Crippen MR) is 81.1 cm³/mol. The van der Waals surface area contributed by atoms with Crippen LogP contribution in [-0.4, -0.2) is 14.5 Å². The lowest BCUT2D eigenvalue weighted by molar-refractivity contribution is 0.969. The fourth-order valence-corrected chi connectivity index (χ4v) is 2.55. The van der Waals surface area contributed by atoms with Gasteiger partial charge in [-0.05, 0) is 46.3 Å². The molecule has 0 N–H and O–H groups in total. The monoisotopic (exact) mass is 355 g/mol. The highest BCUT2D eigenvalue weighted by Crippen LogP contribution is 2.27. The third kappa shape index (κ3) is 2.24. The van der Waals surface area contributed by atoms with Crippen molar-refractivity contribution in [3.05, 3.63) is 51.8 Å². The number of imidazole rings is 1. The quantitative estimate of drug-likeness (QED) is 0.629. The van der Waals surface area contributed by atoms with Gasteiger partial charge in [0.2, 0.25) is 0 Å². The van der Waals surface area contributed by atoms with E-state index in [1.54, 1.807) is 6.20 Å². The molecule has 0 aliphatic rings. The van der Waals surface area contributed by atoms with E-state index in [2.05, 4.69) is 25.9 Å². The molecule has 3 aromatic rings. The molecule has 0 spiro atoms. The van der Waals surface area contributed by atoms with Crippen LogP contribution in [0.5, 0.6) is 0 Å². The van der Waals surface area contributed by atoms with E-state index in [1.807, 2.05) is 34.9 Å². The summed E-state index contributed by atoms with van der Waals surface area (Å²) in [6.45, 7) is 0. The molecule has 0 aliphatic carbocycles. The summed E-state index contributed by atoms with van der Waals surface area (Å²) < 4.78 is 2.77. The molecule has 2 heterocycles. The molecule has 96 valence electrons. The van der Waals surface area contributed by atoms with Crippen molar-refractivity contribution in [2.24, 2.45) is 0 Å². The average Bonchev–Trinajstić information content (AvgIpc) is 2.80. The Kier molecular flexibility index (Phi) is 3.48. The number of nitrogens with zero attached hydrogens (tertiary/aromatic N) is 3. The maximum absolute atomic E-state index is 6.14. The topological polar surface area (TPSA) is 30.7 Å². The predicted octanol–water partition coefficient (Wildman–Crippen LogP) is 4.58. The molecule has 0 saturated carbocycles. The highest BCUT2D eigenvalue weighted by molar-refractivity contribution is 9.10. The van der Waals surface area contributed by atoms with Gasteiger partial charge < -0.3 is 0 Å². The average molecular weight is 357 g/mol. The van der Waals surface area contributed by atoms with Crippen LogP contribution in [0.3, 0.4) is 0 Å². The van der Waals surface area contributed by atoms with E-state index in [9.17, 15) is 0 Å². The summed E-state index contributed by atoms with van der Waals surface area (Å²) in [6, 6.07) is 9.46. The van der Waals surface area contributed by atoms with Crippen molar-refractivity contribution < 1.29 is 0 Å². The first kappa shape index (κ1) is 12.9. The van der Waals surface area contributed by atoms with Gasteiger partial charge in [0.05, 0.1) is 16.6 Å². The zero-order chi connectivity index (χ0) is 13.4. The van der Waals surface area contributed by atoms with Gasteiger partial charge in [0.15, 0.2) is 5.65 Å². The van der Waals surface area contributed by atoms with Crippen molar-refractivity contribution >= 4 is 50.3 Å². The standard InChI is InChI=1S/C13H8BrCl2N3/c14-9-4-3-8(6-10(9)16)19-12(7-15)18-11-2-1-5-17-13(11)19/h1-6H,7H2. The van der Waals surface area contributed by atoms with Crippen molar-refractivity contribution in [1.29, 1.82) is 0 Å². The fourth-order valence-electron chi connectivity index (χ4n) is 1.94. The second-order valence-electron chi connectivity index (χ2n) is 3.94. The summed E-state index contributed by atoms with van der Waals surface area (Å²) in [4.78, 5) is 8.84. The first-order valence-electron chi connectivity index (χ1n) is 5.54. The third-order valence-corrected chi connectivity index (χ3v) is 4.24. The van der Waals surface area contributed by atoms with Crippen LogP contribution in [-0.2, 0) is 5.88 Å². The number of pyridine rings is 1. The van der Waals surface area contributed by atoms with Crippen molar-refractivity contribution in [2.45, 2.75) is 5.88 Å². The Morgan fingerprint density at radius 3 is 2.84 bits per heavy atom. The van der Waals surface area contributed by atoms with E-state index in [1.165, 1.54) is 0 Å². The lowest BCUT2D eigenvalue weighted by atomic mass is 10.3. The zero-order valence-electron chi connectivity index (χ0n) is 9.65. The van der Waals surface area contributed by atoms with E-state index in [4.69, 9.17) is 23.2 Å². The highest BCUT2D eigenvalue weighted by atomic mass is 79.9. The van der Waals surface area contributed by atoms with Crippen LogP contribution in [0.15, 0.2) is 41.0 Å². The van der Waals surface area contributed by atoms with Crippen LogP contribution in [0.1, 0.15) is 5.82 Å². The molecule has 6 heteroatoms. The van der Waals surface area contributed by atoms with Crippen molar-refractivity contribution in [3.8, 4) is 5.69 Å². The number of hydrogen-bond acceptors (Lipinski definition) is 2. The molecular formula is C13H8BrCl2N3. The van der Waals surface area contributed by atoms with Gasteiger partial charge in [-0.1, -0.05) is 11.6 Å². The Morgan fingerprint density at radius 2 is 2.11 bits per heavy atom. The van der Waals surface area contributed by atoms with E-state index >= 15 is 0 Å². The number of alkyl halides is 1. The molecule has 2 aromatic heterocycles. The third-order valence-electron chi connectivity index (χ3n) is 2.77. The van der Waals surface area contributed by atoms with Gasteiger partial charge in [-0.2, -0.15) is 0 Å². The van der Waals surface area contributed by atoms with Crippen molar-refractivity contribution in [1.82, 2.24) is 14.5 Å². The number of rotatable bonds is 2. The van der Waals surface area contributed by atoms with Crippen LogP contribution < -0.4 is 0 Å². The number of halogens is 3. The number of benzene rings is 1. The summed E-state index contributed by atoms with van der Waals surface area (Å²) in [5.74, 6) is 1.05. The number of aromatic nitrogens is 3. The van der Waals surface area contributed by atoms with Crippen LogP contribution in [0.25, 0.3) is 16.9 Å². The molecule has 19 heavy (non-hydrogen) atoms. The van der Waals surface area contributed by atoms with Crippen LogP contribution in [0.2, 0.25) is 5.02 Å². The minimum Gasteiger partial charge on any atom is -0.280 e. The molecule has 0 aliphatic heterocycles. The Morgan fingerprint density at radius 1 is 1.26 bits per heavy atom. The largest absolute Gasteiger partial charge is 0.280 e. The van der Waals surface area contributed by atoms with E-state index in [-0.39, 0.29) is 0 Å². The van der Waals surface area contributed by atoms with E-state index in [0.717, 1.165) is 27.1 Å². The SMILES string of the molecule is ClCc1nc2cccnc2n1-c1ccc(Br)c(Cl)c1. The zero-order valence-corrected chi connectivity index (χ0v) is 12.7. The Balaban J connectivity index is 2.31. The van der Waals surface area contributed by atoms with E-state index in [0.29, 0.717) is 10.9 Å². The lowest BCUT2D eigenvalue weighted by Crippen LogP contribution is -2.00. The normalized spacial score (nSPS) is 11.1. The Bertz CT molecular complexity index is 755. The summed E-state index contributed by atoms with van der Waals surface area (Å²) in [6.07, 6.45) is 1.74. The van der Waals surface area contributed by atoms with Gasteiger partial charge in [-0.15, -0.1) is 11.6 Å². The molecule has 1 aromatic carbocycles. The Hall–Kier alpha value is -1.10. The van der Waals surface area contributed by atoms with Gasteiger partial charge in [0, 0.05) is 10.7 Å². The summed E-state index contributed by atoms with van der Waals surface area (Å²) in [5, 5.41) is 0.635. The summed E-state index contributed by atoms with van der Waals surface area (Å²) in [5.41, 5.74) is 2.48. The first-order chi connectivity index (χ1) is 9.20. The second-order valence-corrected chi connectivity index (χ2v) is 5.47. The molecule has 0 fully saturated rings. The summed E-state index contributed by atoms with van der Waals surface area (Å²) in [7, 11) is 0. The first-order valence-corrected chi connectivity index (χ1v) is 7.25. The van der Waals surface area contributed by atoms with Gasteiger partial charge in [0.1, 0.15) is 11.3 Å². The fraction of sp³-hybridized carbons (Fsp3) is 0.0769. The highest BCUT2D eigenvalue weighted by Gasteiger charge is 2.13. The molecule has 0 bridgehead atoms. The minimum atomic E-state index is 0.310. The van der Waals surface area contributed by atoms with Gasteiger partial charge in [-0.25, -0.2) is 9.97 Å². The van der Waals surface area contributed by atoms with Crippen LogP contribution >= 0.6 is 39.1 Å². The van der Waals surface area contributed by atoms with Crippen LogP contribution in [0.4, 0.5) is 0 Å². The summed E-state index contributed by atoms with van der Waals surface area (Å²) >= 11 is 15.5.